The van der Waals surface area contributed by atoms with E-state index >= 15 is 0 Å². The molecule has 2 fully saturated rings. The molecule has 3 aromatic heterocycles. The van der Waals surface area contributed by atoms with Gasteiger partial charge < -0.3 is 30.2 Å². The Morgan fingerprint density at radius 3 is 1.74 bits per heavy atom. The Balaban J connectivity index is 0.934. The molecule has 3 amide bonds. The highest BCUT2D eigenvalue weighted by Crippen LogP contribution is 2.35. The zero-order chi connectivity index (χ0) is 36.3. The van der Waals surface area contributed by atoms with Gasteiger partial charge in [0.15, 0.2) is 0 Å². The van der Waals surface area contributed by atoms with Gasteiger partial charge in [-0.25, -0.2) is 14.8 Å². The second-order valence-electron chi connectivity index (χ2n) is 13.4. The summed E-state index contributed by atoms with van der Waals surface area (Å²) in [5.41, 5.74) is 7.06. The predicted molar refractivity (Wildman–Crippen MR) is 198 cm³/mol. The highest BCUT2D eigenvalue weighted by Gasteiger charge is 2.37. The minimum atomic E-state index is -1.25. The highest BCUT2D eigenvalue weighted by atomic mass is 16.4. The van der Waals surface area contributed by atoms with E-state index in [0.29, 0.717) is 30.0 Å². The fourth-order valence-corrected chi connectivity index (χ4v) is 7.48. The van der Waals surface area contributed by atoms with E-state index in [4.69, 9.17) is 0 Å². The van der Waals surface area contributed by atoms with Crippen molar-refractivity contribution in [2.75, 3.05) is 13.1 Å². The average Bonchev–Trinajstić information content (AvgIpc) is 4.04. The van der Waals surface area contributed by atoms with Gasteiger partial charge in [-0.15, -0.1) is 0 Å². The van der Waals surface area contributed by atoms with Crippen LogP contribution in [0.1, 0.15) is 71.4 Å². The lowest BCUT2D eigenvalue weighted by Crippen LogP contribution is -2.42. The van der Waals surface area contributed by atoms with Gasteiger partial charge in [-0.1, -0.05) is 78.9 Å². The molecule has 6 aromatic rings. The number of carboxylic acid groups (broad SMARTS) is 1. The molecular weight excluding hydrogens is 669 g/mol. The van der Waals surface area contributed by atoms with Gasteiger partial charge in [0.25, 0.3) is 11.8 Å². The van der Waals surface area contributed by atoms with Crippen molar-refractivity contribution in [1.29, 1.82) is 0 Å². The number of H-pyrrole nitrogens is 2. The van der Waals surface area contributed by atoms with Crippen LogP contribution in [0.4, 0.5) is 4.79 Å². The third-order valence-corrected chi connectivity index (χ3v) is 10.2. The van der Waals surface area contributed by atoms with Gasteiger partial charge in [0.1, 0.15) is 17.7 Å². The Hall–Kier alpha value is -6.56. The van der Waals surface area contributed by atoms with Gasteiger partial charge in [-0.3, -0.25) is 14.6 Å². The van der Waals surface area contributed by atoms with Crippen molar-refractivity contribution in [3.05, 3.63) is 139 Å². The molecule has 2 saturated heterocycles. The van der Waals surface area contributed by atoms with E-state index in [1.54, 1.807) is 59.9 Å². The van der Waals surface area contributed by atoms with Crippen LogP contribution in [-0.2, 0) is 4.79 Å². The van der Waals surface area contributed by atoms with E-state index in [-0.39, 0.29) is 23.9 Å². The normalized spacial score (nSPS) is 17.5. The first kappa shape index (κ1) is 33.6. The quantitative estimate of drug-likeness (QED) is 0.124. The monoisotopic (exact) mass is 706 g/mol. The third kappa shape index (κ3) is 6.90. The lowest BCUT2D eigenvalue weighted by atomic mass is 10.0. The van der Waals surface area contributed by atoms with Gasteiger partial charge in [-0.05, 0) is 65.6 Å². The average molecular weight is 707 g/mol. The molecule has 3 atom stereocenters. The van der Waals surface area contributed by atoms with Crippen LogP contribution in [0.25, 0.3) is 33.6 Å². The fourth-order valence-electron chi connectivity index (χ4n) is 7.48. The largest absolute Gasteiger partial charge is 0.465 e. The fraction of sp³-hybridized carbons (Fsp3) is 0.220. The van der Waals surface area contributed by atoms with Crippen molar-refractivity contribution in [2.45, 2.75) is 43.8 Å². The van der Waals surface area contributed by atoms with Crippen molar-refractivity contribution in [2.24, 2.45) is 0 Å². The lowest BCUT2D eigenvalue weighted by Gasteiger charge is -2.28. The van der Waals surface area contributed by atoms with Crippen LogP contribution in [0.15, 0.2) is 116 Å². The molecule has 2 aliphatic heterocycles. The van der Waals surface area contributed by atoms with Crippen molar-refractivity contribution >= 4 is 17.9 Å². The molecule has 8 rings (SSSR count). The van der Waals surface area contributed by atoms with Crippen LogP contribution >= 0.6 is 0 Å². The minimum Gasteiger partial charge on any atom is -0.465 e. The summed E-state index contributed by atoms with van der Waals surface area (Å²) in [6.07, 6.45) is 8.95. The molecule has 0 unspecified atom stereocenters. The van der Waals surface area contributed by atoms with E-state index in [1.165, 1.54) is 0 Å². The number of pyridine rings is 1. The molecular formula is C41H38N8O4. The van der Waals surface area contributed by atoms with Gasteiger partial charge in [-0.2, -0.15) is 0 Å². The Morgan fingerprint density at radius 2 is 1.19 bits per heavy atom. The Labute approximate surface area is 306 Å². The van der Waals surface area contributed by atoms with Gasteiger partial charge in [0.05, 0.1) is 35.9 Å². The van der Waals surface area contributed by atoms with E-state index in [1.807, 2.05) is 29.3 Å². The summed E-state index contributed by atoms with van der Waals surface area (Å²) < 4.78 is 0. The molecule has 0 radical (unpaired) electrons. The summed E-state index contributed by atoms with van der Waals surface area (Å²) in [4.78, 5) is 62.3. The first-order chi connectivity index (χ1) is 25.9. The molecule has 4 N–H and O–H groups in total. The summed E-state index contributed by atoms with van der Waals surface area (Å²) in [7, 11) is 0. The second-order valence-corrected chi connectivity index (χ2v) is 13.4. The first-order valence-electron chi connectivity index (χ1n) is 17.8. The Morgan fingerprint density at radius 1 is 0.679 bits per heavy atom. The summed E-state index contributed by atoms with van der Waals surface area (Å²) in [5, 5.41) is 11.9. The van der Waals surface area contributed by atoms with E-state index in [2.05, 4.69) is 66.6 Å². The zero-order valence-corrected chi connectivity index (χ0v) is 28.9. The maximum absolute atomic E-state index is 13.7. The Bertz CT molecular complexity index is 2220. The topological polar surface area (TPSA) is 160 Å². The molecule has 0 saturated carbocycles. The summed E-state index contributed by atoms with van der Waals surface area (Å²) in [6.45, 7) is 1.22. The number of rotatable bonds is 9. The van der Waals surface area contributed by atoms with Gasteiger partial charge in [0.2, 0.25) is 0 Å². The number of hydrogen-bond donors (Lipinski definition) is 4. The van der Waals surface area contributed by atoms with Gasteiger partial charge in [0, 0.05) is 31.0 Å². The maximum Gasteiger partial charge on any atom is 0.405 e. The summed E-state index contributed by atoms with van der Waals surface area (Å²) in [5.74, 6) is 1.17. The number of benzene rings is 3. The molecule has 0 aliphatic carbocycles. The van der Waals surface area contributed by atoms with Crippen molar-refractivity contribution in [3.63, 3.8) is 0 Å². The lowest BCUT2D eigenvalue weighted by molar-refractivity contribution is -0.134. The highest BCUT2D eigenvalue weighted by molar-refractivity contribution is 5.94. The van der Waals surface area contributed by atoms with Crippen molar-refractivity contribution < 1.29 is 19.5 Å². The zero-order valence-electron chi connectivity index (χ0n) is 28.9. The molecule has 3 aromatic carbocycles. The Kier molecular flexibility index (Phi) is 9.24. The summed E-state index contributed by atoms with van der Waals surface area (Å²) >= 11 is 0. The molecule has 0 spiro atoms. The van der Waals surface area contributed by atoms with Crippen molar-refractivity contribution in [1.82, 2.24) is 40.0 Å². The molecule has 53 heavy (non-hydrogen) atoms. The molecule has 0 bridgehead atoms. The second kappa shape index (κ2) is 14.6. The van der Waals surface area contributed by atoms with Crippen LogP contribution in [0.3, 0.4) is 0 Å². The van der Waals surface area contributed by atoms with Crippen LogP contribution in [0, 0.1) is 0 Å². The summed E-state index contributed by atoms with van der Waals surface area (Å²) in [6, 6.07) is 27.6. The number of aromatic nitrogens is 5. The maximum atomic E-state index is 13.7. The smallest absolute Gasteiger partial charge is 0.405 e. The van der Waals surface area contributed by atoms with E-state index < -0.39 is 12.1 Å². The number of aromatic amines is 2. The number of nitrogens with one attached hydrogen (secondary N) is 3. The van der Waals surface area contributed by atoms with E-state index in [0.717, 1.165) is 65.1 Å². The van der Waals surface area contributed by atoms with E-state index in [9.17, 15) is 19.5 Å². The minimum absolute atomic E-state index is 0.00640. The predicted octanol–water partition coefficient (Wildman–Crippen LogP) is 7.18. The number of carbonyl (C=O) groups is 3. The SMILES string of the molecule is O=C(O)N[C@@H](C(=O)N1CCC[C@H]1c1ncc(-c2ccc(-c3ccc(-c4cnc([C@@H]5CCCN5C(=O)c5ccncc5)[nH]4)cc3)cc2)[nH]1)c1ccccc1. The molecule has 12 nitrogen and oxygen atoms in total. The first-order valence-corrected chi connectivity index (χ1v) is 17.8. The van der Waals surface area contributed by atoms with Crippen molar-refractivity contribution in [3.8, 4) is 33.6 Å². The van der Waals surface area contributed by atoms with Crippen LogP contribution in [0.5, 0.6) is 0 Å². The number of nitrogens with zero attached hydrogens (tertiary/aromatic N) is 5. The standard InChI is InChI=1S/C41H38N8O4/c50-39(31-18-20-42-21-19-31)48-22-4-8-34(48)37-43-24-32(45-37)28-14-10-26(11-15-28)27-12-16-29(17-13-27)33-25-44-38(46-33)35-9-5-23-49(35)40(51)36(47-41(52)53)30-6-2-1-3-7-30/h1-3,6-7,10-21,24-25,34-36,47H,4-5,8-9,22-23H2,(H,43,45)(H,44,46)(H,52,53)/t34-,35-,36+/m0/s1. The number of imidazole rings is 2. The molecule has 12 heteroatoms. The molecule has 5 heterocycles. The number of hydrogen-bond acceptors (Lipinski definition) is 6. The van der Waals surface area contributed by atoms with Crippen LogP contribution < -0.4 is 5.32 Å². The van der Waals surface area contributed by atoms with Crippen LogP contribution in [-0.4, -0.2) is 70.8 Å². The third-order valence-electron chi connectivity index (χ3n) is 10.2. The number of likely N-dealkylation sites (tertiary alicyclic amines) is 2. The number of carbonyl (C=O) groups excluding carboxylic acids is 2. The van der Waals surface area contributed by atoms with Gasteiger partial charge >= 0.3 is 6.09 Å². The number of amides is 3. The molecule has 2 aliphatic rings. The van der Waals surface area contributed by atoms with Crippen LogP contribution in [0.2, 0.25) is 0 Å². The molecule has 266 valence electrons.